The van der Waals surface area contributed by atoms with Crippen molar-refractivity contribution in [2.45, 2.75) is 52.6 Å². The number of benzene rings is 1. The Kier molecular flexibility index (Phi) is 4.36. The molecule has 2 heterocycles. The molecule has 0 radical (unpaired) electrons. The summed E-state index contributed by atoms with van der Waals surface area (Å²) in [6.45, 7) is 5.61. The Morgan fingerprint density at radius 1 is 1.23 bits per heavy atom. The first-order valence-electron chi connectivity index (χ1n) is 8.24. The molecule has 0 aliphatic rings. The third-order valence-corrected chi connectivity index (χ3v) is 3.94. The van der Waals surface area contributed by atoms with Crippen molar-refractivity contribution in [2.75, 3.05) is 5.73 Å². The van der Waals surface area contributed by atoms with Crippen LogP contribution < -0.4 is 5.73 Å². The monoisotopic (exact) mass is 364 g/mol. The fourth-order valence-corrected chi connectivity index (χ4v) is 2.93. The van der Waals surface area contributed by atoms with Crippen LogP contribution in [-0.4, -0.2) is 31.4 Å². The fraction of sp³-hybridized carbons (Fsp3) is 0.444. The molecule has 0 fully saturated rings. The maximum atomic E-state index is 13.2. The van der Waals surface area contributed by atoms with Gasteiger partial charge in [-0.05, 0) is 32.4 Å². The van der Waals surface area contributed by atoms with Gasteiger partial charge in [-0.1, -0.05) is 12.1 Å². The van der Waals surface area contributed by atoms with E-state index in [1.807, 2.05) is 25.1 Å². The lowest BCUT2D eigenvalue weighted by atomic mass is 10.1. The van der Waals surface area contributed by atoms with Gasteiger partial charge in [-0.15, -0.1) is 0 Å². The number of aryl methyl sites for hydroxylation is 1. The van der Waals surface area contributed by atoms with Gasteiger partial charge in [0.15, 0.2) is 5.82 Å². The fourth-order valence-electron chi connectivity index (χ4n) is 2.93. The van der Waals surface area contributed by atoms with Gasteiger partial charge >= 0.3 is 6.11 Å². The third kappa shape index (κ3) is 3.76. The number of pyridine rings is 1. The normalized spacial score (nSPS) is 13.0. The number of alkyl halides is 2. The predicted molar refractivity (Wildman–Crippen MR) is 95.9 cm³/mol. The molecule has 3 N–H and O–H groups in total. The molecule has 0 saturated heterocycles. The minimum Gasteiger partial charge on any atom is -0.389 e. The van der Waals surface area contributed by atoms with Crippen molar-refractivity contribution in [2.24, 2.45) is 0 Å². The van der Waals surface area contributed by atoms with E-state index in [0.717, 1.165) is 10.9 Å². The van der Waals surface area contributed by atoms with E-state index in [-0.39, 0.29) is 18.2 Å². The topological polar surface area (TPSA) is 86.2 Å². The van der Waals surface area contributed by atoms with Crippen molar-refractivity contribution in [1.29, 1.82) is 0 Å². The minimum absolute atomic E-state index is 0.143. The number of aliphatic hydroxyl groups is 1. The molecule has 0 bridgehead atoms. The number of imidazole rings is 1. The van der Waals surface area contributed by atoms with Crippen LogP contribution in [0.25, 0.3) is 21.9 Å². The van der Waals surface area contributed by atoms with Crippen molar-refractivity contribution in [3.05, 3.63) is 29.6 Å². The van der Waals surface area contributed by atoms with E-state index in [9.17, 15) is 13.9 Å². The van der Waals surface area contributed by atoms with E-state index < -0.39 is 18.3 Å². The van der Waals surface area contributed by atoms with Crippen molar-refractivity contribution in [3.63, 3.8) is 0 Å². The number of hydrogen-bond donors (Lipinski definition) is 2. The lowest BCUT2D eigenvalue weighted by molar-refractivity contribution is -0.232. The number of rotatable bonds is 5. The van der Waals surface area contributed by atoms with Gasteiger partial charge in [0.25, 0.3) is 0 Å². The Balaban J connectivity index is 2.28. The number of aromatic nitrogens is 3. The predicted octanol–water partition coefficient (Wildman–Crippen LogP) is 3.38. The molecule has 3 rings (SSSR count). The summed E-state index contributed by atoms with van der Waals surface area (Å²) in [5, 5.41) is 11.1. The average molecular weight is 364 g/mol. The Bertz CT molecular complexity index is 971. The zero-order valence-electron chi connectivity index (χ0n) is 15.2. The first-order valence-corrected chi connectivity index (χ1v) is 8.24. The second-order valence-electron chi connectivity index (χ2n) is 7.24. The van der Waals surface area contributed by atoms with Crippen LogP contribution in [0.15, 0.2) is 18.2 Å². The smallest absolute Gasteiger partial charge is 0.353 e. The number of nitrogen functional groups attached to an aromatic ring is 1. The molecule has 1 aromatic carbocycles. The molecular formula is C18H22F2N4O2. The Labute approximate surface area is 149 Å². The lowest BCUT2D eigenvalue weighted by Crippen LogP contribution is -2.28. The van der Waals surface area contributed by atoms with Crippen LogP contribution in [0.5, 0.6) is 0 Å². The van der Waals surface area contributed by atoms with Gasteiger partial charge in [-0.2, -0.15) is 8.78 Å². The number of ether oxygens (including phenoxy) is 1. The Morgan fingerprint density at radius 2 is 1.92 bits per heavy atom. The van der Waals surface area contributed by atoms with Crippen molar-refractivity contribution in [3.8, 4) is 0 Å². The van der Waals surface area contributed by atoms with Crippen LogP contribution in [0.3, 0.4) is 0 Å². The maximum absolute atomic E-state index is 13.2. The van der Waals surface area contributed by atoms with Gasteiger partial charge in [0.1, 0.15) is 17.9 Å². The molecule has 0 aliphatic heterocycles. The van der Waals surface area contributed by atoms with Gasteiger partial charge in [0.05, 0.1) is 23.2 Å². The molecular weight excluding hydrogens is 342 g/mol. The SMILES string of the molecule is Cc1ccc2c(c1)nc(N)c1nc(COC(C)(F)F)n(CC(C)(C)O)c12. The van der Waals surface area contributed by atoms with Gasteiger partial charge in [-0.25, -0.2) is 9.97 Å². The molecule has 0 spiro atoms. The van der Waals surface area contributed by atoms with E-state index in [0.29, 0.717) is 23.5 Å². The number of anilines is 1. The van der Waals surface area contributed by atoms with Gasteiger partial charge in [-0.3, -0.25) is 0 Å². The Hall–Kier alpha value is -2.32. The molecule has 0 unspecified atom stereocenters. The molecule has 140 valence electrons. The zero-order valence-corrected chi connectivity index (χ0v) is 15.2. The average Bonchev–Trinajstić information content (AvgIpc) is 2.82. The number of halogens is 2. The number of nitrogens with two attached hydrogens (primary N) is 1. The minimum atomic E-state index is -3.29. The molecule has 0 atom stereocenters. The van der Waals surface area contributed by atoms with Crippen LogP contribution in [0, 0.1) is 6.92 Å². The molecule has 3 aromatic rings. The molecule has 0 amide bonds. The van der Waals surface area contributed by atoms with E-state index in [4.69, 9.17) is 5.73 Å². The summed E-state index contributed by atoms with van der Waals surface area (Å²) in [4.78, 5) is 8.75. The zero-order chi connectivity index (χ0) is 19.3. The van der Waals surface area contributed by atoms with Gasteiger partial charge in [0.2, 0.25) is 0 Å². The van der Waals surface area contributed by atoms with Gasteiger partial charge in [0, 0.05) is 12.3 Å². The molecule has 2 aromatic heterocycles. The lowest BCUT2D eigenvalue weighted by Gasteiger charge is -2.21. The summed E-state index contributed by atoms with van der Waals surface area (Å²) in [7, 11) is 0. The maximum Gasteiger partial charge on any atom is 0.353 e. The second kappa shape index (κ2) is 6.14. The molecule has 8 heteroatoms. The standard InChI is InChI=1S/C18H22F2N4O2/c1-10-5-6-11-12(7-10)22-16(21)14-15(11)24(9-17(2,3)25)13(23-14)8-26-18(4,19)20/h5-7,25H,8-9H2,1-4H3,(H2,21,22). The molecule has 0 aliphatic carbocycles. The summed E-state index contributed by atoms with van der Waals surface area (Å²) in [5.74, 6) is 0.460. The highest BCUT2D eigenvalue weighted by Gasteiger charge is 2.26. The number of hydrogen-bond acceptors (Lipinski definition) is 5. The van der Waals surface area contributed by atoms with Crippen molar-refractivity contribution < 1.29 is 18.6 Å². The van der Waals surface area contributed by atoms with E-state index in [1.54, 1.807) is 18.4 Å². The first kappa shape index (κ1) is 18.5. The second-order valence-corrected chi connectivity index (χ2v) is 7.24. The van der Waals surface area contributed by atoms with Crippen LogP contribution in [-0.2, 0) is 17.9 Å². The summed E-state index contributed by atoms with van der Waals surface area (Å²) < 4.78 is 32.6. The first-order chi connectivity index (χ1) is 11.9. The summed E-state index contributed by atoms with van der Waals surface area (Å²) >= 11 is 0. The number of nitrogens with zero attached hydrogens (tertiary/aromatic N) is 3. The third-order valence-electron chi connectivity index (χ3n) is 3.94. The largest absolute Gasteiger partial charge is 0.389 e. The molecule has 6 nitrogen and oxygen atoms in total. The van der Waals surface area contributed by atoms with Gasteiger partial charge < -0.3 is 20.1 Å². The van der Waals surface area contributed by atoms with E-state index in [2.05, 4.69) is 14.7 Å². The van der Waals surface area contributed by atoms with E-state index >= 15 is 0 Å². The van der Waals surface area contributed by atoms with Crippen molar-refractivity contribution >= 4 is 27.8 Å². The quantitative estimate of drug-likeness (QED) is 0.725. The Morgan fingerprint density at radius 3 is 2.54 bits per heavy atom. The highest BCUT2D eigenvalue weighted by Crippen LogP contribution is 2.31. The van der Waals surface area contributed by atoms with Crippen LogP contribution in [0.1, 0.15) is 32.2 Å². The van der Waals surface area contributed by atoms with Crippen LogP contribution >= 0.6 is 0 Å². The summed E-state index contributed by atoms with van der Waals surface area (Å²) in [6.07, 6.45) is -3.29. The van der Waals surface area contributed by atoms with Crippen LogP contribution in [0.4, 0.5) is 14.6 Å². The summed E-state index contributed by atoms with van der Waals surface area (Å²) in [5.41, 5.74) is 7.72. The highest BCUT2D eigenvalue weighted by molar-refractivity contribution is 6.06. The van der Waals surface area contributed by atoms with E-state index in [1.165, 1.54) is 0 Å². The summed E-state index contributed by atoms with van der Waals surface area (Å²) in [6, 6.07) is 5.71. The highest BCUT2D eigenvalue weighted by atomic mass is 19.3. The molecule has 26 heavy (non-hydrogen) atoms. The molecule has 0 saturated carbocycles. The van der Waals surface area contributed by atoms with Crippen LogP contribution in [0.2, 0.25) is 0 Å². The number of fused-ring (bicyclic) bond motifs is 3. The van der Waals surface area contributed by atoms with Crippen molar-refractivity contribution in [1.82, 2.24) is 14.5 Å².